The normalized spacial score (nSPS) is 18.1. The Morgan fingerprint density at radius 2 is 2.16 bits per heavy atom. The third-order valence-corrected chi connectivity index (χ3v) is 3.81. The molecule has 0 bridgehead atoms. The molecule has 3 N–H and O–H groups in total. The quantitative estimate of drug-likeness (QED) is 0.821. The van der Waals surface area contributed by atoms with Crippen molar-refractivity contribution in [2.45, 2.75) is 25.8 Å². The first-order chi connectivity index (χ1) is 8.90. The van der Waals surface area contributed by atoms with Crippen LogP contribution >= 0.6 is 12.2 Å². The van der Waals surface area contributed by atoms with Crippen molar-refractivity contribution >= 4 is 23.1 Å². The highest BCUT2D eigenvalue weighted by molar-refractivity contribution is 7.80. The summed E-state index contributed by atoms with van der Waals surface area (Å²) in [5.41, 5.74) is 5.99. The second-order valence-electron chi connectivity index (χ2n) is 5.30. The molecule has 1 atom stereocenters. The molecule has 0 saturated heterocycles. The Morgan fingerprint density at radius 1 is 1.47 bits per heavy atom. The smallest absolute Gasteiger partial charge is 0.227 e. The molecule has 19 heavy (non-hydrogen) atoms. The molecule has 1 aromatic rings. The van der Waals surface area contributed by atoms with E-state index in [0.29, 0.717) is 13.0 Å². The van der Waals surface area contributed by atoms with Crippen LogP contribution in [0.25, 0.3) is 0 Å². The molecule has 1 aliphatic rings. The summed E-state index contributed by atoms with van der Waals surface area (Å²) in [4.78, 5) is 12.5. The van der Waals surface area contributed by atoms with Gasteiger partial charge in [-0.05, 0) is 31.9 Å². The van der Waals surface area contributed by atoms with E-state index in [1.807, 2.05) is 24.3 Å². The van der Waals surface area contributed by atoms with Crippen LogP contribution in [-0.4, -0.2) is 23.0 Å². The lowest BCUT2D eigenvalue weighted by molar-refractivity contribution is -0.127. The van der Waals surface area contributed by atoms with Gasteiger partial charge in [0.1, 0.15) is 12.4 Å². The van der Waals surface area contributed by atoms with Crippen LogP contribution in [0.4, 0.5) is 0 Å². The lowest BCUT2D eigenvalue weighted by Crippen LogP contribution is -2.54. The first kappa shape index (κ1) is 13.8. The van der Waals surface area contributed by atoms with Crippen molar-refractivity contribution in [3.63, 3.8) is 0 Å². The molecular formula is C14H18N2O2S. The zero-order valence-electron chi connectivity index (χ0n) is 11.1. The Labute approximate surface area is 118 Å². The van der Waals surface area contributed by atoms with Gasteiger partial charge in [-0.1, -0.05) is 30.4 Å². The van der Waals surface area contributed by atoms with Crippen molar-refractivity contribution in [1.82, 2.24) is 5.32 Å². The zero-order valence-corrected chi connectivity index (χ0v) is 11.9. The molecule has 0 fully saturated rings. The molecule has 0 aromatic heterocycles. The first-order valence-electron chi connectivity index (χ1n) is 6.23. The van der Waals surface area contributed by atoms with Crippen molar-refractivity contribution < 1.29 is 9.53 Å². The number of nitrogens with two attached hydrogens (primary N) is 1. The summed E-state index contributed by atoms with van der Waals surface area (Å²) in [5.74, 6) is 0.580. The average molecular weight is 278 g/mol. The number of carbonyl (C=O) groups is 1. The van der Waals surface area contributed by atoms with Gasteiger partial charge in [-0.3, -0.25) is 4.79 Å². The maximum Gasteiger partial charge on any atom is 0.227 e. The molecule has 0 spiro atoms. The highest BCUT2D eigenvalue weighted by Gasteiger charge is 2.31. The van der Waals surface area contributed by atoms with Gasteiger partial charge in [0.05, 0.1) is 16.4 Å². The van der Waals surface area contributed by atoms with Crippen molar-refractivity contribution in [2.24, 2.45) is 11.7 Å². The summed E-state index contributed by atoms with van der Waals surface area (Å²) in [6.45, 7) is 3.98. The van der Waals surface area contributed by atoms with Crippen LogP contribution in [0.2, 0.25) is 0 Å². The lowest BCUT2D eigenvalue weighted by atomic mass is 9.94. The van der Waals surface area contributed by atoms with E-state index in [1.54, 1.807) is 13.8 Å². The Hall–Kier alpha value is -1.62. The summed E-state index contributed by atoms with van der Waals surface area (Å²) in [7, 11) is 0. The maximum atomic E-state index is 12.2. The molecule has 0 aliphatic carbocycles. The Bertz CT molecular complexity index is 514. The van der Waals surface area contributed by atoms with Crippen LogP contribution in [0, 0.1) is 5.92 Å². The third-order valence-electron chi connectivity index (χ3n) is 3.30. The Morgan fingerprint density at radius 3 is 2.84 bits per heavy atom. The summed E-state index contributed by atoms with van der Waals surface area (Å²) >= 11 is 4.95. The standard InChI is InChI=1S/C14H18N2O2S/c1-14(2,13(15)19)16-12(17)10-7-9-5-3-4-6-11(9)18-8-10/h3-6,10H,7-8H2,1-2H3,(H2,15,19)(H,16,17). The second-order valence-corrected chi connectivity index (χ2v) is 5.74. The van der Waals surface area contributed by atoms with Gasteiger partial charge in [0, 0.05) is 0 Å². The number of amides is 1. The molecule has 0 radical (unpaired) electrons. The number of nitrogens with one attached hydrogen (secondary N) is 1. The highest BCUT2D eigenvalue weighted by Crippen LogP contribution is 2.27. The topological polar surface area (TPSA) is 64.3 Å². The fraction of sp³-hybridized carbons (Fsp3) is 0.429. The largest absolute Gasteiger partial charge is 0.492 e. The van der Waals surface area contributed by atoms with Gasteiger partial charge < -0.3 is 15.8 Å². The summed E-state index contributed by atoms with van der Waals surface area (Å²) in [6, 6.07) is 7.77. The Kier molecular flexibility index (Phi) is 3.75. The van der Waals surface area contributed by atoms with Crippen molar-refractivity contribution in [1.29, 1.82) is 0 Å². The van der Waals surface area contributed by atoms with Crippen LogP contribution in [-0.2, 0) is 11.2 Å². The minimum Gasteiger partial charge on any atom is -0.492 e. The third kappa shape index (κ3) is 3.04. The van der Waals surface area contributed by atoms with E-state index in [9.17, 15) is 4.79 Å². The van der Waals surface area contributed by atoms with Gasteiger partial charge in [-0.15, -0.1) is 0 Å². The van der Waals surface area contributed by atoms with E-state index in [2.05, 4.69) is 5.32 Å². The van der Waals surface area contributed by atoms with E-state index in [4.69, 9.17) is 22.7 Å². The number of benzene rings is 1. The predicted octanol–water partition coefficient (Wildman–Crippen LogP) is 1.42. The van der Waals surface area contributed by atoms with Gasteiger partial charge >= 0.3 is 0 Å². The molecular weight excluding hydrogens is 260 g/mol. The number of fused-ring (bicyclic) bond motifs is 1. The van der Waals surface area contributed by atoms with Crippen molar-refractivity contribution in [3.05, 3.63) is 29.8 Å². The minimum absolute atomic E-state index is 0.0766. The molecule has 102 valence electrons. The number of carbonyl (C=O) groups excluding carboxylic acids is 1. The van der Waals surface area contributed by atoms with Gasteiger partial charge in [0.15, 0.2) is 0 Å². The zero-order chi connectivity index (χ0) is 14.0. The van der Waals surface area contributed by atoms with E-state index in [0.717, 1.165) is 11.3 Å². The SMILES string of the molecule is CC(C)(NC(=O)C1COc2ccccc2C1)C(N)=S. The monoisotopic (exact) mass is 278 g/mol. The fourth-order valence-corrected chi connectivity index (χ4v) is 2.02. The van der Waals surface area contributed by atoms with E-state index < -0.39 is 5.54 Å². The molecule has 1 aliphatic heterocycles. The van der Waals surface area contributed by atoms with Gasteiger partial charge in [-0.2, -0.15) is 0 Å². The van der Waals surface area contributed by atoms with E-state index in [1.165, 1.54) is 0 Å². The number of hydrogen-bond acceptors (Lipinski definition) is 3. The van der Waals surface area contributed by atoms with Crippen LogP contribution in [0.3, 0.4) is 0 Å². The average Bonchev–Trinajstić information content (AvgIpc) is 2.37. The Balaban J connectivity index is 2.05. The summed E-state index contributed by atoms with van der Waals surface area (Å²) in [5, 5.41) is 2.87. The molecule has 0 saturated carbocycles. The number of rotatable bonds is 3. The van der Waals surface area contributed by atoms with E-state index >= 15 is 0 Å². The number of hydrogen-bond donors (Lipinski definition) is 2. The summed E-state index contributed by atoms with van der Waals surface area (Å²) in [6.07, 6.45) is 0.676. The number of thiocarbonyl (C=S) groups is 1. The van der Waals surface area contributed by atoms with Crippen LogP contribution in [0.5, 0.6) is 5.75 Å². The van der Waals surface area contributed by atoms with Crippen LogP contribution < -0.4 is 15.8 Å². The lowest BCUT2D eigenvalue weighted by Gasteiger charge is -2.30. The van der Waals surface area contributed by atoms with Crippen molar-refractivity contribution in [3.8, 4) is 5.75 Å². The second kappa shape index (κ2) is 5.17. The highest BCUT2D eigenvalue weighted by atomic mass is 32.1. The maximum absolute atomic E-state index is 12.2. The van der Waals surface area contributed by atoms with Gasteiger partial charge in [-0.25, -0.2) is 0 Å². The number of para-hydroxylation sites is 1. The van der Waals surface area contributed by atoms with Gasteiger partial charge in [0.25, 0.3) is 0 Å². The van der Waals surface area contributed by atoms with Crippen LogP contribution in [0.1, 0.15) is 19.4 Å². The first-order valence-corrected chi connectivity index (χ1v) is 6.63. The molecule has 1 heterocycles. The minimum atomic E-state index is -0.677. The number of ether oxygens (including phenoxy) is 1. The summed E-state index contributed by atoms with van der Waals surface area (Å²) < 4.78 is 5.61. The van der Waals surface area contributed by atoms with E-state index in [-0.39, 0.29) is 16.8 Å². The molecule has 1 unspecified atom stereocenters. The fourth-order valence-electron chi connectivity index (χ4n) is 1.97. The molecule has 5 heteroatoms. The molecule has 4 nitrogen and oxygen atoms in total. The predicted molar refractivity (Wildman–Crippen MR) is 78.1 cm³/mol. The van der Waals surface area contributed by atoms with Crippen molar-refractivity contribution in [2.75, 3.05) is 6.61 Å². The molecule has 1 aromatic carbocycles. The molecule has 2 rings (SSSR count). The van der Waals surface area contributed by atoms with Crippen LogP contribution in [0.15, 0.2) is 24.3 Å². The van der Waals surface area contributed by atoms with Gasteiger partial charge in [0.2, 0.25) is 5.91 Å². The molecule has 1 amide bonds.